The Bertz CT molecular complexity index is 1000. The third-order valence-corrected chi connectivity index (χ3v) is 11.1. The maximum atomic E-state index is 12.7. The Morgan fingerprint density at radius 1 is 0.322 bits per heavy atom. The standard InChI is InChI=1S/C53H96O6/c1-4-7-10-13-16-19-22-24-25-26-27-28-29-32-34-37-40-43-46-52(55)58-49-50(48-57-51(54)45-42-39-36-33-30-21-18-15-12-9-6-3)59-53(56)47-44-41-38-35-31-23-20-17-14-11-8-5-2/h15,17-18,20,25-26,50H,4-14,16,19,21-24,27-49H2,1-3H3/b18-15-,20-17-,26-25-. The average Bonchev–Trinajstić information content (AvgIpc) is 3.23. The molecule has 0 N–H and O–H groups in total. The zero-order valence-corrected chi connectivity index (χ0v) is 39.3. The first-order valence-electron chi connectivity index (χ1n) is 25.5. The van der Waals surface area contributed by atoms with Crippen molar-refractivity contribution in [1.82, 2.24) is 0 Å². The third-order valence-electron chi connectivity index (χ3n) is 11.1. The molecule has 0 aromatic rings. The van der Waals surface area contributed by atoms with Gasteiger partial charge < -0.3 is 14.2 Å². The van der Waals surface area contributed by atoms with E-state index in [9.17, 15) is 14.4 Å². The fourth-order valence-electron chi connectivity index (χ4n) is 7.18. The highest BCUT2D eigenvalue weighted by molar-refractivity contribution is 5.71. The van der Waals surface area contributed by atoms with Crippen LogP contribution in [0.3, 0.4) is 0 Å². The Morgan fingerprint density at radius 3 is 0.932 bits per heavy atom. The molecule has 0 amide bonds. The van der Waals surface area contributed by atoms with Gasteiger partial charge in [0.2, 0.25) is 0 Å². The van der Waals surface area contributed by atoms with Crippen molar-refractivity contribution >= 4 is 17.9 Å². The molecule has 6 nitrogen and oxygen atoms in total. The molecule has 1 unspecified atom stereocenters. The SMILES string of the molecule is CCCC/C=C\CCCCCCCC(=O)OCC(COC(=O)CCCCCCCCC/C=C\CCCCCCCCC)OC(=O)CCCCCCC/C=C\CCCCC. The van der Waals surface area contributed by atoms with Crippen LogP contribution in [0.1, 0.15) is 265 Å². The van der Waals surface area contributed by atoms with Gasteiger partial charge in [0.05, 0.1) is 0 Å². The van der Waals surface area contributed by atoms with Crippen molar-refractivity contribution < 1.29 is 28.6 Å². The van der Waals surface area contributed by atoms with Crippen molar-refractivity contribution in [2.75, 3.05) is 13.2 Å². The molecule has 0 fully saturated rings. The van der Waals surface area contributed by atoms with E-state index in [1.165, 1.54) is 148 Å². The van der Waals surface area contributed by atoms with E-state index in [1.54, 1.807) is 0 Å². The summed E-state index contributed by atoms with van der Waals surface area (Å²) < 4.78 is 16.7. The lowest BCUT2D eigenvalue weighted by Gasteiger charge is -2.18. The predicted molar refractivity (Wildman–Crippen MR) is 252 cm³/mol. The Labute approximate surface area is 365 Å². The number of hydrogen-bond donors (Lipinski definition) is 0. The molecule has 0 bridgehead atoms. The Hall–Kier alpha value is -2.37. The topological polar surface area (TPSA) is 78.9 Å². The van der Waals surface area contributed by atoms with Crippen LogP contribution < -0.4 is 0 Å². The third kappa shape index (κ3) is 46.5. The molecule has 0 aliphatic heterocycles. The van der Waals surface area contributed by atoms with Gasteiger partial charge >= 0.3 is 17.9 Å². The summed E-state index contributed by atoms with van der Waals surface area (Å²) in [6, 6.07) is 0. The number of ether oxygens (including phenoxy) is 3. The maximum Gasteiger partial charge on any atom is 0.306 e. The molecular formula is C53H96O6. The van der Waals surface area contributed by atoms with Crippen LogP contribution in [0.15, 0.2) is 36.5 Å². The summed E-state index contributed by atoms with van der Waals surface area (Å²) in [7, 11) is 0. The highest BCUT2D eigenvalue weighted by Gasteiger charge is 2.19. The van der Waals surface area contributed by atoms with Crippen LogP contribution in [-0.2, 0) is 28.6 Å². The zero-order chi connectivity index (χ0) is 43.0. The number of esters is 3. The first kappa shape index (κ1) is 56.6. The average molecular weight is 829 g/mol. The van der Waals surface area contributed by atoms with E-state index < -0.39 is 6.10 Å². The van der Waals surface area contributed by atoms with Gasteiger partial charge in [-0.2, -0.15) is 0 Å². The van der Waals surface area contributed by atoms with Gasteiger partial charge in [0.15, 0.2) is 6.10 Å². The van der Waals surface area contributed by atoms with Gasteiger partial charge in [-0.3, -0.25) is 14.4 Å². The summed E-state index contributed by atoms with van der Waals surface area (Å²) in [6.45, 7) is 6.57. The lowest BCUT2D eigenvalue weighted by atomic mass is 10.1. The highest BCUT2D eigenvalue weighted by atomic mass is 16.6. The minimum absolute atomic E-state index is 0.0792. The molecule has 0 aliphatic rings. The van der Waals surface area contributed by atoms with Crippen molar-refractivity contribution in [2.24, 2.45) is 0 Å². The maximum absolute atomic E-state index is 12.7. The molecule has 59 heavy (non-hydrogen) atoms. The molecule has 6 heteroatoms. The number of allylic oxidation sites excluding steroid dienone is 6. The van der Waals surface area contributed by atoms with E-state index in [0.29, 0.717) is 19.3 Å². The zero-order valence-electron chi connectivity index (χ0n) is 39.3. The van der Waals surface area contributed by atoms with Gasteiger partial charge in [0, 0.05) is 19.3 Å². The number of hydrogen-bond acceptors (Lipinski definition) is 6. The molecule has 0 saturated carbocycles. The van der Waals surface area contributed by atoms with Crippen LogP contribution in [0.25, 0.3) is 0 Å². The fourth-order valence-corrected chi connectivity index (χ4v) is 7.18. The number of unbranched alkanes of at least 4 members (excludes halogenated alkanes) is 29. The lowest BCUT2D eigenvalue weighted by Crippen LogP contribution is -2.30. The second-order valence-corrected chi connectivity index (χ2v) is 17.1. The van der Waals surface area contributed by atoms with E-state index in [1.807, 2.05) is 0 Å². The Kier molecular flexibility index (Phi) is 46.4. The molecule has 344 valence electrons. The largest absolute Gasteiger partial charge is 0.462 e. The first-order valence-corrected chi connectivity index (χ1v) is 25.5. The molecule has 0 aliphatic carbocycles. The molecule has 0 aromatic heterocycles. The van der Waals surface area contributed by atoms with Crippen LogP contribution in [0.5, 0.6) is 0 Å². The van der Waals surface area contributed by atoms with Gasteiger partial charge in [-0.05, 0) is 89.9 Å². The second kappa shape index (κ2) is 48.3. The molecule has 0 heterocycles. The molecule has 0 spiro atoms. The van der Waals surface area contributed by atoms with Crippen LogP contribution in [0, 0.1) is 0 Å². The van der Waals surface area contributed by atoms with E-state index in [2.05, 4.69) is 57.2 Å². The van der Waals surface area contributed by atoms with Crippen molar-refractivity contribution in [2.45, 2.75) is 271 Å². The van der Waals surface area contributed by atoms with Crippen molar-refractivity contribution in [3.63, 3.8) is 0 Å². The summed E-state index contributed by atoms with van der Waals surface area (Å²) in [5.74, 6) is -0.896. The van der Waals surface area contributed by atoms with Gasteiger partial charge in [0.25, 0.3) is 0 Å². The highest BCUT2D eigenvalue weighted by Crippen LogP contribution is 2.14. The molecular weight excluding hydrogens is 733 g/mol. The molecule has 0 saturated heterocycles. The molecule has 0 rings (SSSR count). The summed E-state index contributed by atoms with van der Waals surface area (Å²) in [5, 5.41) is 0. The normalized spacial score (nSPS) is 12.3. The summed E-state index contributed by atoms with van der Waals surface area (Å²) in [5.41, 5.74) is 0. The molecule has 1 atom stereocenters. The van der Waals surface area contributed by atoms with Crippen LogP contribution in [0.2, 0.25) is 0 Å². The van der Waals surface area contributed by atoms with Gasteiger partial charge in [-0.25, -0.2) is 0 Å². The second-order valence-electron chi connectivity index (χ2n) is 17.1. The predicted octanol–water partition coefficient (Wildman–Crippen LogP) is 16.5. The van der Waals surface area contributed by atoms with Gasteiger partial charge in [-0.1, -0.05) is 192 Å². The van der Waals surface area contributed by atoms with Gasteiger partial charge in [-0.15, -0.1) is 0 Å². The van der Waals surface area contributed by atoms with E-state index in [-0.39, 0.29) is 31.1 Å². The lowest BCUT2D eigenvalue weighted by molar-refractivity contribution is -0.167. The van der Waals surface area contributed by atoms with Crippen LogP contribution in [0.4, 0.5) is 0 Å². The smallest absolute Gasteiger partial charge is 0.306 e. The molecule has 0 radical (unpaired) electrons. The van der Waals surface area contributed by atoms with Gasteiger partial charge in [0.1, 0.15) is 13.2 Å². The minimum Gasteiger partial charge on any atom is -0.462 e. The number of carbonyl (C=O) groups is 3. The number of carbonyl (C=O) groups excluding carboxylic acids is 3. The van der Waals surface area contributed by atoms with Crippen LogP contribution in [-0.4, -0.2) is 37.2 Å². The monoisotopic (exact) mass is 829 g/mol. The summed E-state index contributed by atoms with van der Waals surface area (Å²) in [6.07, 6.45) is 55.6. The Balaban J connectivity index is 4.33. The van der Waals surface area contributed by atoms with E-state index >= 15 is 0 Å². The Morgan fingerprint density at radius 2 is 0.576 bits per heavy atom. The minimum atomic E-state index is -0.778. The first-order chi connectivity index (χ1) is 29.0. The van der Waals surface area contributed by atoms with Crippen molar-refractivity contribution in [3.05, 3.63) is 36.5 Å². The number of rotatable bonds is 46. The van der Waals surface area contributed by atoms with Crippen LogP contribution >= 0.6 is 0 Å². The van der Waals surface area contributed by atoms with E-state index in [4.69, 9.17) is 14.2 Å². The van der Waals surface area contributed by atoms with E-state index in [0.717, 1.165) is 77.0 Å². The fraction of sp³-hybridized carbons (Fsp3) is 0.830. The quantitative estimate of drug-likeness (QED) is 0.0263. The van der Waals surface area contributed by atoms with Crippen molar-refractivity contribution in [3.8, 4) is 0 Å². The molecule has 0 aromatic carbocycles. The van der Waals surface area contributed by atoms with Crippen molar-refractivity contribution in [1.29, 1.82) is 0 Å². The summed E-state index contributed by atoms with van der Waals surface area (Å²) >= 11 is 0. The summed E-state index contributed by atoms with van der Waals surface area (Å²) in [4.78, 5) is 37.9.